The van der Waals surface area contributed by atoms with Gasteiger partial charge < -0.3 is 14.8 Å². The zero-order chi connectivity index (χ0) is 20.9. The van der Waals surface area contributed by atoms with E-state index in [0.717, 1.165) is 21.3 Å². The summed E-state index contributed by atoms with van der Waals surface area (Å²) in [5.74, 6) is 1.43. The summed E-state index contributed by atoms with van der Waals surface area (Å²) >= 11 is 3.67. The van der Waals surface area contributed by atoms with Crippen molar-refractivity contribution in [2.75, 3.05) is 12.4 Å². The zero-order valence-electron chi connectivity index (χ0n) is 17.1. The highest BCUT2D eigenvalue weighted by Crippen LogP contribution is 2.37. The molecule has 4 heteroatoms. The minimum absolute atomic E-state index is 0.470. The van der Waals surface area contributed by atoms with Crippen molar-refractivity contribution in [3.63, 3.8) is 0 Å². The molecule has 0 radical (unpaired) electrons. The second-order valence-electron chi connectivity index (χ2n) is 7.26. The number of fused-ring (bicyclic) bond motifs is 1. The maximum absolute atomic E-state index is 6.19. The van der Waals surface area contributed by atoms with E-state index in [0.29, 0.717) is 24.7 Å². The molecule has 0 atom stereocenters. The monoisotopic (exact) mass is 461 g/mol. The summed E-state index contributed by atoms with van der Waals surface area (Å²) in [5.41, 5.74) is 4.59. The van der Waals surface area contributed by atoms with E-state index in [9.17, 15) is 0 Å². The highest BCUT2D eigenvalue weighted by atomic mass is 79.9. The van der Waals surface area contributed by atoms with E-state index in [2.05, 4.69) is 101 Å². The molecule has 0 aromatic heterocycles. The summed E-state index contributed by atoms with van der Waals surface area (Å²) in [4.78, 5) is 0. The molecule has 0 aliphatic carbocycles. The third-order valence-corrected chi connectivity index (χ3v) is 5.68. The molecule has 0 amide bonds. The first-order chi connectivity index (χ1) is 14.6. The van der Waals surface area contributed by atoms with Crippen LogP contribution in [0.25, 0.3) is 10.8 Å². The Kier molecular flexibility index (Phi) is 6.24. The summed E-state index contributed by atoms with van der Waals surface area (Å²) in [6, 6.07) is 27.1. The molecule has 0 saturated carbocycles. The third-order valence-electron chi connectivity index (χ3n) is 5.09. The molecule has 3 nitrogen and oxygen atoms in total. The van der Waals surface area contributed by atoms with E-state index in [1.165, 1.54) is 16.3 Å². The van der Waals surface area contributed by atoms with Gasteiger partial charge in [0.25, 0.3) is 0 Å². The normalized spacial score (nSPS) is 10.8. The minimum Gasteiger partial charge on any atom is -0.493 e. The van der Waals surface area contributed by atoms with Crippen molar-refractivity contribution in [3.8, 4) is 11.5 Å². The molecular formula is C26H24BrNO2. The van der Waals surface area contributed by atoms with Crippen molar-refractivity contribution in [1.29, 1.82) is 0 Å². The van der Waals surface area contributed by atoms with Gasteiger partial charge in [-0.15, -0.1) is 0 Å². The summed E-state index contributed by atoms with van der Waals surface area (Å²) in [6.45, 7) is 3.25. The van der Waals surface area contributed by atoms with Crippen molar-refractivity contribution in [1.82, 2.24) is 0 Å². The Bertz CT molecular complexity index is 1150. The van der Waals surface area contributed by atoms with Gasteiger partial charge in [0.1, 0.15) is 6.61 Å². The molecule has 30 heavy (non-hydrogen) atoms. The molecule has 4 aromatic carbocycles. The lowest BCUT2D eigenvalue weighted by molar-refractivity contribution is 0.283. The summed E-state index contributed by atoms with van der Waals surface area (Å²) in [6.07, 6.45) is 0. The fourth-order valence-electron chi connectivity index (χ4n) is 3.46. The number of benzene rings is 4. The van der Waals surface area contributed by atoms with Crippen molar-refractivity contribution < 1.29 is 9.47 Å². The van der Waals surface area contributed by atoms with Crippen LogP contribution in [0.5, 0.6) is 11.5 Å². The maximum atomic E-state index is 6.19. The first-order valence-electron chi connectivity index (χ1n) is 9.90. The molecular weight excluding hydrogens is 438 g/mol. The quantitative estimate of drug-likeness (QED) is 0.318. The molecule has 0 aliphatic rings. The van der Waals surface area contributed by atoms with Gasteiger partial charge in [-0.2, -0.15) is 0 Å². The molecule has 0 aliphatic heterocycles. The second-order valence-corrected chi connectivity index (χ2v) is 8.11. The number of rotatable bonds is 7. The molecule has 152 valence electrons. The zero-order valence-corrected chi connectivity index (χ0v) is 18.7. The standard InChI is InChI=1S/C26H24BrNO2/c1-18-10-12-22(13-11-18)28-16-19-14-24(27)26(25(15-19)29-2)30-17-21-8-5-7-20-6-3-4-9-23(20)21/h3-15,28H,16-17H2,1-2H3. The van der Waals surface area contributed by atoms with Gasteiger partial charge in [0.05, 0.1) is 11.6 Å². The first kappa shape index (κ1) is 20.3. The van der Waals surface area contributed by atoms with Gasteiger partial charge in [0.2, 0.25) is 0 Å². The molecule has 4 aromatic rings. The van der Waals surface area contributed by atoms with Gasteiger partial charge in [0.15, 0.2) is 11.5 Å². The predicted molar refractivity (Wildman–Crippen MR) is 127 cm³/mol. The number of methoxy groups -OCH3 is 1. The number of hydrogen-bond acceptors (Lipinski definition) is 3. The number of hydrogen-bond donors (Lipinski definition) is 1. The Morgan fingerprint density at radius 3 is 2.47 bits per heavy atom. The van der Waals surface area contributed by atoms with Gasteiger partial charge in [-0.3, -0.25) is 0 Å². The van der Waals surface area contributed by atoms with Gasteiger partial charge in [-0.1, -0.05) is 60.2 Å². The van der Waals surface area contributed by atoms with E-state index in [1.54, 1.807) is 7.11 Å². The van der Waals surface area contributed by atoms with E-state index in [-0.39, 0.29) is 0 Å². The number of nitrogens with one attached hydrogen (secondary N) is 1. The Hall–Kier alpha value is -2.98. The van der Waals surface area contributed by atoms with Crippen LogP contribution in [0.1, 0.15) is 16.7 Å². The van der Waals surface area contributed by atoms with Crippen LogP contribution in [-0.4, -0.2) is 7.11 Å². The molecule has 1 N–H and O–H groups in total. The number of aryl methyl sites for hydroxylation is 1. The average molecular weight is 462 g/mol. The van der Waals surface area contributed by atoms with Crippen LogP contribution in [-0.2, 0) is 13.2 Å². The van der Waals surface area contributed by atoms with Crippen LogP contribution in [0.2, 0.25) is 0 Å². The SMILES string of the molecule is COc1cc(CNc2ccc(C)cc2)cc(Br)c1OCc1cccc2ccccc12. The number of ether oxygens (including phenoxy) is 2. The van der Waals surface area contributed by atoms with Crippen LogP contribution in [0.4, 0.5) is 5.69 Å². The smallest absolute Gasteiger partial charge is 0.175 e. The first-order valence-corrected chi connectivity index (χ1v) is 10.7. The largest absolute Gasteiger partial charge is 0.493 e. The number of anilines is 1. The van der Waals surface area contributed by atoms with Crippen molar-refractivity contribution in [3.05, 3.63) is 100 Å². The third kappa shape index (κ3) is 4.60. The minimum atomic E-state index is 0.470. The van der Waals surface area contributed by atoms with Gasteiger partial charge >= 0.3 is 0 Å². The summed E-state index contributed by atoms with van der Waals surface area (Å²) in [5, 5.41) is 5.86. The molecule has 0 heterocycles. The highest BCUT2D eigenvalue weighted by Gasteiger charge is 2.13. The Balaban J connectivity index is 1.51. The Morgan fingerprint density at radius 1 is 0.900 bits per heavy atom. The fraction of sp³-hybridized carbons (Fsp3) is 0.154. The average Bonchev–Trinajstić information content (AvgIpc) is 2.77. The molecule has 0 spiro atoms. The van der Waals surface area contributed by atoms with Crippen LogP contribution in [0.3, 0.4) is 0 Å². The summed E-state index contributed by atoms with van der Waals surface area (Å²) in [7, 11) is 1.67. The van der Waals surface area contributed by atoms with Gasteiger partial charge in [-0.05, 0) is 69.0 Å². The molecule has 4 rings (SSSR count). The lowest BCUT2D eigenvalue weighted by Gasteiger charge is -2.16. The van der Waals surface area contributed by atoms with Gasteiger partial charge in [0, 0.05) is 12.2 Å². The van der Waals surface area contributed by atoms with Crippen LogP contribution >= 0.6 is 15.9 Å². The molecule has 0 saturated heterocycles. The molecule has 0 unspecified atom stereocenters. The topological polar surface area (TPSA) is 30.5 Å². The van der Waals surface area contributed by atoms with Crippen molar-refractivity contribution in [2.24, 2.45) is 0 Å². The van der Waals surface area contributed by atoms with E-state index < -0.39 is 0 Å². The van der Waals surface area contributed by atoms with Crippen molar-refractivity contribution >= 4 is 32.4 Å². The van der Waals surface area contributed by atoms with Crippen LogP contribution in [0.15, 0.2) is 83.3 Å². The molecule has 0 bridgehead atoms. The van der Waals surface area contributed by atoms with E-state index in [4.69, 9.17) is 9.47 Å². The van der Waals surface area contributed by atoms with Crippen LogP contribution < -0.4 is 14.8 Å². The summed E-state index contributed by atoms with van der Waals surface area (Å²) < 4.78 is 12.7. The van der Waals surface area contributed by atoms with Gasteiger partial charge in [-0.25, -0.2) is 0 Å². The van der Waals surface area contributed by atoms with Crippen LogP contribution in [0, 0.1) is 6.92 Å². The van der Waals surface area contributed by atoms with Crippen molar-refractivity contribution in [2.45, 2.75) is 20.1 Å². The Morgan fingerprint density at radius 2 is 1.67 bits per heavy atom. The second kappa shape index (κ2) is 9.23. The maximum Gasteiger partial charge on any atom is 0.175 e. The van der Waals surface area contributed by atoms with E-state index in [1.807, 2.05) is 6.07 Å². The predicted octanol–water partition coefficient (Wildman–Crippen LogP) is 7.11. The Labute approximate surface area is 185 Å². The molecule has 0 fully saturated rings. The number of halogens is 1. The lowest BCUT2D eigenvalue weighted by Crippen LogP contribution is -2.03. The lowest BCUT2D eigenvalue weighted by atomic mass is 10.1. The van der Waals surface area contributed by atoms with E-state index >= 15 is 0 Å². The highest BCUT2D eigenvalue weighted by molar-refractivity contribution is 9.10. The fourth-order valence-corrected chi connectivity index (χ4v) is 4.06.